The van der Waals surface area contributed by atoms with Gasteiger partial charge in [-0.25, -0.2) is 0 Å². The summed E-state index contributed by atoms with van der Waals surface area (Å²) in [6.45, 7) is -0.382. The van der Waals surface area contributed by atoms with E-state index >= 15 is 0 Å². The lowest BCUT2D eigenvalue weighted by molar-refractivity contribution is -0.384. The summed E-state index contributed by atoms with van der Waals surface area (Å²) in [6.07, 6.45) is 0. The zero-order chi connectivity index (χ0) is 18.7. The van der Waals surface area contributed by atoms with Crippen LogP contribution in [0.2, 0.25) is 0 Å². The third kappa shape index (κ3) is 3.36. The number of aromatic nitrogens is 1. The maximum Gasteiger partial charge on any atom is 0.302 e. The molecule has 1 heterocycles. The van der Waals surface area contributed by atoms with Gasteiger partial charge in [0, 0.05) is 24.6 Å². The van der Waals surface area contributed by atoms with Crippen molar-refractivity contribution in [2.45, 2.75) is 0 Å². The third-order valence-corrected chi connectivity index (χ3v) is 3.72. The van der Waals surface area contributed by atoms with Crippen molar-refractivity contribution in [3.8, 4) is 11.6 Å². The maximum absolute atomic E-state index is 11.8. The average molecular weight is 354 g/mol. The number of carbonyl (C=O) groups is 1. The van der Waals surface area contributed by atoms with Crippen LogP contribution in [0.15, 0.2) is 58.8 Å². The summed E-state index contributed by atoms with van der Waals surface area (Å²) in [5.41, 5.74) is 0.884. The molecule has 0 aliphatic heterocycles. The molecule has 0 fully saturated rings. The molecule has 1 amide bonds. The molecule has 0 aliphatic carbocycles. The number of nitrogens with zero attached hydrogens (tertiary/aromatic N) is 4. The van der Waals surface area contributed by atoms with Gasteiger partial charge in [0.1, 0.15) is 5.75 Å². The number of aryl methyl sites for hydroxylation is 1. The minimum Gasteiger partial charge on any atom is -0.493 e. The van der Waals surface area contributed by atoms with Crippen LogP contribution in [-0.2, 0) is 11.8 Å². The quantitative estimate of drug-likeness (QED) is 0.427. The topological polar surface area (TPSA) is 119 Å². The van der Waals surface area contributed by atoms with Gasteiger partial charge in [-0.05, 0) is 18.2 Å². The van der Waals surface area contributed by atoms with E-state index in [4.69, 9.17) is 4.74 Å². The van der Waals surface area contributed by atoms with E-state index in [0.717, 1.165) is 5.52 Å². The number of rotatable bonds is 5. The number of carbonyl (C=O) groups excluding carboxylic acids is 1. The number of benzene rings is 2. The van der Waals surface area contributed by atoms with Crippen molar-refractivity contribution in [3.05, 3.63) is 58.6 Å². The zero-order valence-electron chi connectivity index (χ0n) is 13.7. The van der Waals surface area contributed by atoms with Crippen LogP contribution in [-0.4, -0.2) is 27.1 Å². The predicted octanol–water partition coefficient (Wildman–Crippen LogP) is 3.48. The number of amides is 1. The summed E-state index contributed by atoms with van der Waals surface area (Å²) >= 11 is 0. The summed E-state index contributed by atoms with van der Waals surface area (Å²) in [5, 5.41) is 28.8. The molecular formula is C17H14N4O5. The van der Waals surface area contributed by atoms with Gasteiger partial charge in [-0.1, -0.05) is 18.2 Å². The highest BCUT2D eigenvalue weighted by molar-refractivity contribution is 5.95. The Bertz CT molecular complexity index is 1010. The average Bonchev–Trinajstić information content (AvgIpc) is 2.89. The van der Waals surface area contributed by atoms with Gasteiger partial charge >= 0.3 is 5.91 Å². The van der Waals surface area contributed by atoms with Gasteiger partial charge in [-0.15, -0.1) is 10.2 Å². The second-order valence-electron chi connectivity index (χ2n) is 5.38. The molecule has 0 bridgehead atoms. The molecule has 0 atom stereocenters. The van der Waals surface area contributed by atoms with Crippen molar-refractivity contribution in [3.63, 3.8) is 0 Å². The lowest BCUT2D eigenvalue weighted by Crippen LogP contribution is -2.07. The number of para-hydroxylation sites is 1. The van der Waals surface area contributed by atoms with Crippen molar-refractivity contribution >= 4 is 28.2 Å². The van der Waals surface area contributed by atoms with Gasteiger partial charge < -0.3 is 14.4 Å². The predicted molar refractivity (Wildman–Crippen MR) is 92.7 cm³/mol. The summed E-state index contributed by atoms with van der Waals surface area (Å²) in [5.74, 6) is -0.457. The molecule has 1 aromatic heterocycles. The Hall–Kier alpha value is -3.75. The fourth-order valence-electron chi connectivity index (χ4n) is 2.40. The lowest BCUT2D eigenvalue weighted by Gasteiger charge is -2.02. The van der Waals surface area contributed by atoms with Crippen LogP contribution in [0.3, 0.4) is 0 Å². The number of ether oxygens (including phenoxy) is 1. The first kappa shape index (κ1) is 17.1. The van der Waals surface area contributed by atoms with Crippen LogP contribution in [0.5, 0.6) is 11.6 Å². The van der Waals surface area contributed by atoms with Crippen LogP contribution in [0.4, 0.5) is 11.4 Å². The Morgan fingerprint density at radius 1 is 1.23 bits per heavy atom. The summed E-state index contributed by atoms with van der Waals surface area (Å²) in [7, 11) is 1.68. The SMILES string of the molecule is Cn1c(O)c(N=NC(=O)COc2ccc([N+](=O)[O-])cc2)c2ccccc21. The largest absolute Gasteiger partial charge is 0.493 e. The summed E-state index contributed by atoms with van der Waals surface area (Å²) < 4.78 is 6.76. The molecule has 9 nitrogen and oxygen atoms in total. The van der Waals surface area contributed by atoms with E-state index in [2.05, 4.69) is 10.2 Å². The van der Waals surface area contributed by atoms with Gasteiger partial charge in [0.05, 0.1) is 10.4 Å². The van der Waals surface area contributed by atoms with E-state index in [1.165, 1.54) is 24.3 Å². The number of nitro groups is 1. The van der Waals surface area contributed by atoms with Gasteiger partial charge in [0.25, 0.3) is 5.69 Å². The Balaban J connectivity index is 1.69. The third-order valence-electron chi connectivity index (χ3n) is 3.72. The second kappa shape index (κ2) is 7.01. The normalized spacial score (nSPS) is 11.1. The van der Waals surface area contributed by atoms with Crippen LogP contribution < -0.4 is 4.74 Å². The number of hydrogen-bond acceptors (Lipinski definition) is 6. The van der Waals surface area contributed by atoms with Crippen molar-refractivity contribution in [1.29, 1.82) is 0 Å². The second-order valence-corrected chi connectivity index (χ2v) is 5.38. The van der Waals surface area contributed by atoms with Crippen LogP contribution in [0, 0.1) is 10.1 Å². The number of aromatic hydroxyl groups is 1. The van der Waals surface area contributed by atoms with Crippen LogP contribution >= 0.6 is 0 Å². The number of azo groups is 1. The number of fused-ring (bicyclic) bond motifs is 1. The first-order chi connectivity index (χ1) is 12.5. The molecule has 3 rings (SSSR count). The van der Waals surface area contributed by atoms with E-state index in [1.807, 2.05) is 12.1 Å². The summed E-state index contributed by atoms with van der Waals surface area (Å²) in [6, 6.07) is 12.5. The van der Waals surface area contributed by atoms with E-state index in [1.54, 1.807) is 23.7 Å². The highest BCUT2D eigenvalue weighted by atomic mass is 16.6. The van der Waals surface area contributed by atoms with Gasteiger partial charge in [0.15, 0.2) is 12.3 Å². The van der Waals surface area contributed by atoms with Gasteiger partial charge in [-0.2, -0.15) is 0 Å². The molecule has 0 unspecified atom stereocenters. The first-order valence-electron chi connectivity index (χ1n) is 7.55. The highest BCUT2D eigenvalue weighted by Gasteiger charge is 2.14. The minimum absolute atomic E-state index is 0.0743. The number of nitro benzene ring substituents is 1. The fraction of sp³-hybridized carbons (Fsp3) is 0.118. The molecular weight excluding hydrogens is 340 g/mol. The standard InChI is InChI=1S/C17H14N4O5/c1-20-14-5-3-2-4-13(14)16(17(20)23)19-18-15(22)10-26-12-8-6-11(7-9-12)21(24)25/h2-9,23H,10H2,1H3. The molecule has 0 spiro atoms. The van der Waals surface area contributed by atoms with Crippen molar-refractivity contribution in [2.75, 3.05) is 6.61 Å². The Kier molecular flexibility index (Phi) is 4.61. The molecule has 132 valence electrons. The molecule has 0 saturated heterocycles. The maximum atomic E-state index is 11.8. The molecule has 0 radical (unpaired) electrons. The monoisotopic (exact) mass is 354 g/mol. The van der Waals surface area contributed by atoms with Crippen LogP contribution in [0.1, 0.15) is 0 Å². The molecule has 0 saturated carbocycles. The zero-order valence-corrected chi connectivity index (χ0v) is 13.7. The highest BCUT2D eigenvalue weighted by Crippen LogP contribution is 2.37. The smallest absolute Gasteiger partial charge is 0.302 e. The van der Waals surface area contributed by atoms with Crippen molar-refractivity contribution in [2.24, 2.45) is 17.3 Å². The molecule has 0 aliphatic rings. The first-order valence-corrected chi connectivity index (χ1v) is 7.55. The van der Waals surface area contributed by atoms with E-state index in [9.17, 15) is 20.0 Å². The fourth-order valence-corrected chi connectivity index (χ4v) is 2.40. The molecule has 26 heavy (non-hydrogen) atoms. The molecule has 9 heteroatoms. The Labute approximate surface area is 147 Å². The van der Waals surface area contributed by atoms with Gasteiger partial charge in [0.2, 0.25) is 5.88 Å². The van der Waals surface area contributed by atoms with Crippen molar-refractivity contribution in [1.82, 2.24) is 4.57 Å². The molecule has 2 aromatic carbocycles. The van der Waals surface area contributed by atoms with E-state index in [0.29, 0.717) is 11.1 Å². The van der Waals surface area contributed by atoms with Gasteiger partial charge in [-0.3, -0.25) is 14.9 Å². The minimum atomic E-state index is -0.657. The molecule has 1 N–H and O–H groups in total. The van der Waals surface area contributed by atoms with E-state index in [-0.39, 0.29) is 23.9 Å². The summed E-state index contributed by atoms with van der Waals surface area (Å²) in [4.78, 5) is 21.9. The lowest BCUT2D eigenvalue weighted by atomic mass is 10.2. The number of non-ortho nitro benzene ring substituents is 1. The number of hydrogen-bond donors (Lipinski definition) is 1. The Morgan fingerprint density at radius 2 is 1.92 bits per heavy atom. The molecule has 3 aromatic rings. The van der Waals surface area contributed by atoms with E-state index < -0.39 is 10.8 Å². The Morgan fingerprint density at radius 3 is 2.62 bits per heavy atom. The van der Waals surface area contributed by atoms with Crippen LogP contribution in [0.25, 0.3) is 10.9 Å². The van der Waals surface area contributed by atoms with Crippen molar-refractivity contribution < 1.29 is 19.6 Å².